The molecule has 0 aliphatic rings. The van der Waals surface area contributed by atoms with Gasteiger partial charge in [-0.15, -0.1) is 0 Å². The zero-order chi connectivity index (χ0) is 20.0. The molecule has 27 heavy (non-hydrogen) atoms. The van der Waals surface area contributed by atoms with E-state index in [0.717, 1.165) is 5.39 Å². The molecule has 0 bridgehead atoms. The summed E-state index contributed by atoms with van der Waals surface area (Å²) < 4.78 is 15.8. The fourth-order valence-electron chi connectivity index (χ4n) is 2.36. The van der Waals surface area contributed by atoms with E-state index in [1.807, 2.05) is 20.8 Å². The quantitative estimate of drug-likeness (QED) is 0.546. The first-order valence-electron chi connectivity index (χ1n) is 8.76. The van der Waals surface area contributed by atoms with Gasteiger partial charge in [-0.1, -0.05) is 0 Å². The maximum absolute atomic E-state index is 12.1. The maximum Gasteiger partial charge on any atom is 0.336 e. The lowest BCUT2D eigenvalue weighted by atomic mass is 10.2. The van der Waals surface area contributed by atoms with E-state index in [-0.39, 0.29) is 24.9 Å². The first-order valence-corrected chi connectivity index (χ1v) is 8.76. The van der Waals surface area contributed by atoms with Gasteiger partial charge in [0.05, 0.1) is 0 Å². The molecule has 0 saturated heterocycles. The third-order valence-corrected chi connectivity index (χ3v) is 3.68. The first-order chi connectivity index (χ1) is 12.6. The Bertz CT molecular complexity index is 865. The van der Waals surface area contributed by atoms with Crippen molar-refractivity contribution < 1.29 is 23.5 Å². The highest BCUT2D eigenvalue weighted by Crippen LogP contribution is 2.19. The summed E-state index contributed by atoms with van der Waals surface area (Å²) in [4.78, 5) is 36.6. The van der Waals surface area contributed by atoms with E-state index in [4.69, 9.17) is 13.9 Å². The van der Waals surface area contributed by atoms with Crippen LogP contribution in [0.5, 0.6) is 5.75 Å². The second-order valence-corrected chi connectivity index (χ2v) is 7.25. The third kappa shape index (κ3) is 6.77. The average molecular weight is 375 g/mol. The lowest BCUT2D eigenvalue weighted by Gasteiger charge is -2.20. The van der Waals surface area contributed by atoms with Crippen LogP contribution in [0.4, 0.5) is 0 Å². The number of hydrogen-bond acceptors (Lipinski definition) is 6. The van der Waals surface area contributed by atoms with Crippen LogP contribution in [0.15, 0.2) is 39.5 Å². The van der Waals surface area contributed by atoms with Gasteiger partial charge >= 0.3 is 11.6 Å². The molecule has 0 spiro atoms. The van der Waals surface area contributed by atoms with Crippen LogP contribution in [0.2, 0.25) is 0 Å². The zero-order valence-corrected chi connectivity index (χ0v) is 16.1. The zero-order valence-electron chi connectivity index (χ0n) is 16.1. The van der Waals surface area contributed by atoms with Gasteiger partial charge in [-0.3, -0.25) is 9.59 Å². The topological polar surface area (TPSA) is 86.0 Å². The Hall–Kier alpha value is -2.83. The number of fused-ring (bicyclic) bond motifs is 1. The molecule has 0 N–H and O–H groups in total. The molecular weight excluding hydrogens is 350 g/mol. The summed E-state index contributed by atoms with van der Waals surface area (Å²) in [6, 6.07) is 8.04. The molecule has 1 aromatic heterocycles. The largest absolute Gasteiger partial charge is 0.484 e. The third-order valence-electron chi connectivity index (χ3n) is 3.68. The van der Waals surface area contributed by atoms with Gasteiger partial charge in [0, 0.05) is 37.5 Å². The number of ether oxygens (including phenoxy) is 2. The highest BCUT2D eigenvalue weighted by Gasteiger charge is 2.16. The predicted octanol–water partition coefficient (Wildman–Crippen LogP) is 2.75. The molecule has 0 fully saturated rings. The van der Waals surface area contributed by atoms with Gasteiger partial charge in [0.25, 0.3) is 5.91 Å². The lowest BCUT2D eigenvalue weighted by Crippen LogP contribution is -2.32. The molecule has 0 atom stereocenters. The molecule has 1 amide bonds. The smallest absolute Gasteiger partial charge is 0.336 e. The summed E-state index contributed by atoms with van der Waals surface area (Å²) in [5, 5.41) is 0.771. The minimum Gasteiger partial charge on any atom is -0.484 e. The normalized spacial score (nSPS) is 11.3. The fourth-order valence-corrected chi connectivity index (χ4v) is 2.36. The summed E-state index contributed by atoms with van der Waals surface area (Å²) >= 11 is 0. The van der Waals surface area contributed by atoms with Crippen LogP contribution < -0.4 is 10.4 Å². The van der Waals surface area contributed by atoms with Crippen LogP contribution in [0, 0.1) is 0 Å². The van der Waals surface area contributed by atoms with Gasteiger partial charge < -0.3 is 18.8 Å². The van der Waals surface area contributed by atoms with Crippen molar-refractivity contribution >= 4 is 22.8 Å². The Labute approximate surface area is 157 Å². The molecule has 0 unspecified atom stereocenters. The summed E-state index contributed by atoms with van der Waals surface area (Å²) in [7, 11) is 1.65. The summed E-state index contributed by atoms with van der Waals surface area (Å²) in [5.41, 5.74) is -0.551. The Morgan fingerprint density at radius 1 is 1.15 bits per heavy atom. The Morgan fingerprint density at radius 3 is 2.56 bits per heavy atom. The molecule has 2 aromatic rings. The minimum atomic E-state index is -0.508. The van der Waals surface area contributed by atoms with Gasteiger partial charge in [-0.05, 0) is 45.4 Å². The second kappa shape index (κ2) is 8.70. The van der Waals surface area contributed by atoms with Crippen molar-refractivity contribution in [3.05, 3.63) is 40.8 Å². The number of nitrogens with zero attached hydrogens (tertiary/aromatic N) is 1. The van der Waals surface area contributed by atoms with E-state index in [1.165, 1.54) is 11.0 Å². The molecular formula is C20H25NO6. The van der Waals surface area contributed by atoms with Crippen LogP contribution in [0.25, 0.3) is 11.0 Å². The van der Waals surface area contributed by atoms with E-state index >= 15 is 0 Å². The van der Waals surface area contributed by atoms with Crippen LogP contribution in [0.1, 0.15) is 33.6 Å². The number of amides is 1. The van der Waals surface area contributed by atoms with E-state index in [0.29, 0.717) is 24.3 Å². The van der Waals surface area contributed by atoms with Crippen molar-refractivity contribution in [2.45, 2.75) is 39.2 Å². The Morgan fingerprint density at radius 2 is 1.85 bits per heavy atom. The monoisotopic (exact) mass is 375 g/mol. The fraction of sp³-hybridized carbons (Fsp3) is 0.450. The van der Waals surface area contributed by atoms with Crippen molar-refractivity contribution in [3.63, 3.8) is 0 Å². The molecule has 0 radical (unpaired) electrons. The summed E-state index contributed by atoms with van der Waals surface area (Å²) in [5.74, 6) is -0.0570. The highest BCUT2D eigenvalue weighted by molar-refractivity contribution is 5.79. The van der Waals surface area contributed by atoms with E-state index in [1.54, 1.807) is 31.3 Å². The molecule has 7 heteroatoms. The number of carbonyl (C=O) groups is 2. The molecule has 0 aliphatic heterocycles. The number of likely N-dealkylation sites (N-methyl/N-ethyl adjacent to an activating group) is 1. The number of benzene rings is 1. The van der Waals surface area contributed by atoms with Crippen molar-refractivity contribution in [1.29, 1.82) is 0 Å². The van der Waals surface area contributed by atoms with Crippen LogP contribution in [0.3, 0.4) is 0 Å². The van der Waals surface area contributed by atoms with Crippen molar-refractivity contribution in [2.75, 3.05) is 20.2 Å². The average Bonchev–Trinajstić information content (AvgIpc) is 2.57. The molecule has 7 nitrogen and oxygen atoms in total. The highest BCUT2D eigenvalue weighted by atomic mass is 16.6. The van der Waals surface area contributed by atoms with Crippen LogP contribution in [-0.4, -0.2) is 42.6 Å². The summed E-state index contributed by atoms with van der Waals surface area (Å²) in [6.45, 7) is 5.72. The Kier molecular flexibility index (Phi) is 6.60. The van der Waals surface area contributed by atoms with E-state index < -0.39 is 11.2 Å². The van der Waals surface area contributed by atoms with Crippen LogP contribution >= 0.6 is 0 Å². The molecule has 146 valence electrons. The molecule has 0 aliphatic carbocycles. The number of rotatable bonds is 7. The SMILES string of the molecule is CN(CCCC(=O)OC(C)(C)C)C(=O)COc1ccc2ccc(=O)oc2c1. The first kappa shape index (κ1) is 20.5. The van der Waals surface area contributed by atoms with E-state index in [9.17, 15) is 14.4 Å². The number of esters is 1. The van der Waals surface area contributed by atoms with Gasteiger partial charge in [-0.25, -0.2) is 4.79 Å². The Balaban J connectivity index is 1.79. The lowest BCUT2D eigenvalue weighted by molar-refractivity contribution is -0.155. The molecule has 0 saturated carbocycles. The van der Waals surface area contributed by atoms with Gasteiger partial charge in [0.2, 0.25) is 0 Å². The van der Waals surface area contributed by atoms with Gasteiger partial charge in [-0.2, -0.15) is 0 Å². The number of hydrogen-bond donors (Lipinski definition) is 0. The van der Waals surface area contributed by atoms with Crippen molar-refractivity contribution in [1.82, 2.24) is 4.90 Å². The van der Waals surface area contributed by atoms with E-state index in [2.05, 4.69) is 0 Å². The minimum absolute atomic E-state index is 0.147. The van der Waals surface area contributed by atoms with Crippen molar-refractivity contribution in [3.8, 4) is 5.75 Å². The maximum atomic E-state index is 12.1. The van der Waals surface area contributed by atoms with Crippen molar-refractivity contribution in [2.24, 2.45) is 0 Å². The number of carbonyl (C=O) groups excluding carboxylic acids is 2. The summed E-state index contributed by atoms with van der Waals surface area (Å²) in [6.07, 6.45) is 0.762. The predicted molar refractivity (Wildman–Crippen MR) is 101 cm³/mol. The second-order valence-electron chi connectivity index (χ2n) is 7.25. The molecule has 2 rings (SSSR count). The van der Waals surface area contributed by atoms with Gasteiger partial charge in [0.15, 0.2) is 6.61 Å². The van der Waals surface area contributed by atoms with Gasteiger partial charge in [0.1, 0.15) is 16.9 Å². The standard InChI is InChI=1S/C20H25NO6/c1-20(2,3)27-19(24)6-5-11-21(4)17(22)13-25-15-9-7-14-8-10-18(23)26-16(14)12-15/h7-10,12H,5-6,11,13H2,1-4H3. The van der Waals surface area contributed by atoms with Crippen LogP contribution in [-0.2, 0) is 14.3 Å². The molecule has 1 heterocycles. The molecule has 1 aromatic carbocycles.